The minimum Gasteiger partial charge on any atom is -0.462 e. The van der Waals surface area contributed by atoms with Crippen LogP contribution in [0.3, 0.4) is 0 Å². The second-order valence-corrected chi connectivity index (χ2v) is 7.22. The number of ether oxygens (including phenoxy) is 3. The molecule has 0 saturated carbocycles. The van der Waals surface area contributed by atoms with Gasteiger partial charge >= 0.3 is 12.1 Å². The molecular formula is C20H24O5. The van der Waals surface area contributed by atoms with Gasteiger partial charge in [0.05, 0.1) is 6.61 Å². The number of fused-ring (bicyclic) bond motifs is 1. The predicted molar refractivity (Wildman–Crippen MR) is 95.9 cm³/mol. The maximum Gasteiger partial charge on any atom is 0.514 e. The van der Waals surface area contributed by atoms with Crippen molar-refractivity contribution in [3.05, 3.63) is 42.0 Å². The van der Waals surface area contributed by atoms with Gasteiger partial charge in [0.25, 0.3) is 0 Å². The van der Waals surface area contributed by atoms with Crippen molar-refractivity contribution in [2.45, 2.75) is 40.2 Å². The topological polar surface area (TPSA) is 61.8 Å². The van der Waals surface area contributed by atoms with Gasteiger partial charge in [-0.05, 0) is 38.1 Å². The van der Waals surface area contributed by atoms with Gasteiger partial charge in [-0.2, -0.15) is 0 Å². The molecule has 2 rings (SSSR count). The van der Waals surface area contributed by atoms with E-state index in [9.17, 15) is 9.59 Å². The van der Waals surface area contributed by atoms with Gasteiger partial charge in [0.1, 0.15) is 11.2 Å². The first kappa shape index (κ1) is 18.8. The van der Waals surface area contributed by atoms with Crippen molar-refractivity contribution in [1.29, 1.82) is 0 Å². The third kappa shape index (κ3) is 5.21. The van der Waals surface area contributed by atoms with Crippen LogP contribution in [0.25, 0.3) is 10.8 Å². The first-order valence-corrected chi connectivity index (χ1v) is 8.27. The number of benzene rings is 2. The van der Waals surface area contributed by atoms with Gasteiger partial charge in [0.2, 0.25) is 0 Å². The van der Waals surface area contributed by atoms with Crippen LogP contribution in [0.1, 0.15) is 45.0 Å². The Morgan fingerprint density at radius 3 is 2.36 bits per heavy atom. The van der Waals surface area contributed by atoms with E-state index in [0.717, 1.165) is 5.39 Å². The lowest BCUT2D eigenvalue weighted by atomic mass is 10.1. The molecule has 0 fully saturated rings. The van der Waals surface area contributed by atoms with E-state index in [2.05, 4.69) is 0 Å². The Morgan fingerprint density at radius 1 is 1.04 bits per heavy atom. The number of hydrogen-bond acceptors (Lipinski definition) is 5. The van der Waals surface area contributed by atoms with Gasteiger partial charge in [-0.25, -0.2) is 9.59 Å². The van der Waals surface area contributed by atoms with Crippen LogP contribution in [-0.4, -0.2) is 24.3 Å². The van der Waals surface area contributed by atoms with Gasteiger partial charge in [0.15, 0.2) is 5.75 Å². The van der Waals surface area contributed by atoms with Crippen LogP contribution in [0, 0.1) is 5.92 Å². The minimum atomic E-state index is -0.859. The Hall–Kier alpha value is -2.56. The third-order valence-corrected chi connectivity index (χ3v) is 3.22. The smallest absolute Gasteiger partial charge is 0.462 e. The fourth-order valence-electron chi connectivity index (χ4n) is 2.19. The average Bonchev–Trinajstić information content (AvgIpc) is 2.51. The van der Waals surface area contributed by atoms with Crippen LogP contribution in [0.4, 0.5) is 4.79 Å². The second-order valence-electron chi connectivity index (χ2n) is 7.22. The van der Waals surface area contributed by atoms with E-state index >= 15 is 0 Å². The molecule has 0 bridgehead atoms. The zero-order chi connectivity index (χ0) is 18.6. The molecule has 0 aromatic heterocycles. The van der Waals surface area contributed by atoms with Gasteiger partial charge in [-0.3, -0.25) is 0 Å². The molecule has 5 nitrogen and oxygen atoms in total. The van der Waals surface area contributed by atoms with Crippen molar-refractivity contribution in [3.8, 4) is 5.75 Å². The molecule has 0 aliphatic carbocycles. The highest BCUT2D eigenvalue weighted by molar-refractivity contribution is 6.02. The summed E-state index contributed by atoms with van der Waals surface area (Å²) in [6.45, 7) is 9.43. The van der Waals surface area contributed by atoms with Crippen LogP contribution >= 0.6 is 0 Å². The zero-order valence-corrected chi connectivity index (χ0v) is 15.3. The summed E-state index contributed by atoms with van der Waals surface area (Å²) in [6.07, 6.45) is -0.859. The van der Waals surface area contributed by atoms with Crippen molar-refractivity contribution in [2.24, 2.45) is 5.92 Å². The SMILES string of the molecule is CC(C)COC(=O)c1ccc2ccccc2c1OC(=O)OC(C)(C)C. The molecular weight excluding hydrogens is 320 g/mol. The molecule has 0 N–H and O–H groups in total. The molecule has 0 amide bonds. The predicted octanol–water partition coefficient (Wildman–Crippen LogP) is 4.97. The van der Waals surface area contributed by atoms with Crippen LogP contribution in [0.2, 0.25) is 0 Å². The minimum absolute atomic E-state index is 0.154. The van der Waals surface area contributed by atoms with Crippen molar-refractivity contribution >= 4 is 22.9 Å². The van der Waals surface area contributed by atoms with Crippen molar-refractivity contribution < 1.29 is 23.8 Å². The van der Waals surface area contributed by atoms with Crippen molar-refractivity contribution in [1.82, 2.24) is 0 Å². The number of carbonyl (C=O) groups excluding carboxylic acids is 2. The van der Waals surface area contributed by atoms with E-state index in [1.807, 2.05) is 32.0 Å². The number of rotatable bonds is 4. The first-order chi connectivity index (χ1) is 11.7. The second kappa shape index (κ2) is 7.55. The Bertz CT molecular complexity index is 771. The molecule has 0 unspecified atom stereocenters. The molecule has 0 aliphatic rings. The summed E-state index contributed by atoms with van der Waals surface area (Å²) >= 11 is 0. The molecule has 0 saturated heterocycles. The highest BCUT2D eigenvalue weighted by Crippen LogP contribution is 2.31. The molecule has 0 radical (unpaired) electrons. The third-order valence-electron chi connectivity index (χ3n) is 3.22. The van der Waals surface area contributed by atoms with Crippen LogP contribution in [-0.2, 0) is 9.47 Å². The van der Waals surface area contributed by atoms with E-state index < -0.39 is 17.7 Å². The van der Waals surface area contributed by atoms with Gasteiger partial charge < -0.3 is 14.2 Å². The molecule has 2 aromatic carbocycles. The molecule has 5 heteroatoms. The maximum absolute atomic E-state index is 12.4. The first-order valence-electron chi connectivity index (χ1n) is 8.27. The van der Waals surface area contributed by atoms with E-state index in [1.165, 1.54) is 0 Å². The summed E-state index contributed by atoms with van der Waals surface area (Å²) in [5.41, 5.74) is -0.495. The maximum atomic E-state index is 12.4. The summed E-state index contributed by atoms with van der Waals surface area (Å²) in [5, 5.41) is 1.49. The Labute approximate surface area is 147 Å². The van der Waals surface area contributed by atoms with Crippen LogP contribution in [0.5, 0.6) is 5.75 Å². The van der Waals surface area contributed by atoms with Crippen molar-refractivity contribution in [3.63, 3.8) is 0 Å². The fourth-order valence-corrected chi connectivity index (χ4v) is 2.19. The Kier molecular flexibility index (Phi) is 5.67. The monoisotopic (exact) mass is 344 g/mol. The van der Waals surface area contributed by atoms with Gasteiger partial charge in [-0.1, -0.05) is 44.2 Å². The highest BCUT2D eigenvalue weighted by Gasteiger charge is 2.23. The zero-order valence-electron chi connectivity index (χ0n) is 15.3. The van der Waals surface area contributed by atoms with Crippen LogP contribution in [0.15, 0.2) is 36.4 Å². The molecule has 2 aromatic rings. The molecule has 25 heavy (non-hydrogen) atoms. The lowest BCUT2D eigenvalue weighted by Gasteiger charge is -2.20. The normalized spacial score (nSPS) is 11.4. The lowest BCUT2D eigenvalue weighted by molar-refractivity contribution is 0.0204. The standard InChI is InChI=1S/C20H24O5/c1-13(2)12-23-18(21)16-11-10-14-8-6-7-9-15(14)17(16)24-19(22)25-20(3,4)5/h6-11,13H,12H2,1-5H3. The molecule has 0 atom stereocenters. The Balaban J connectivity index is 2.40. The molecule has 0 heterocycles. The van der Waals surface area contributed by atoms with E-state index in [-0.39, 0.29) is 23.8 Å². The quantitative estimate of drug-likeness (QED) is 0.579. The number of carbonyl (C=O) groups is 2. The fraction of sp³-hybridized carbons (Fsp3) is 0.400. The summed E-state index contributed by atoms with van der Waals surface area (Å²) in [6, 6.07) is 10.7. The summed E-state index contributed by atoms with van der Waals surface area (Å²) in [4.78, 5) is 24.5. The van der Waals surface area contributed by atoms with E-state index in [4.69, 9.17) is 14.2 Å². The summed E-state index contributed by atoms with van der Waals surface area (Å²) < 4.78 is 15.9. The van der Waals surface area contributed by atoms with Gasteiger partial charge in [0, 0.05) is 5.39 Å². The van der Waals surface area contributed by atoms with Gasteiger partial charge in [-0.15, -0.1) is 0 Å². The average molecular weight is 344 g/mol. The molecule has 0 aliphatic heterocycles. The van der Waals surface area contributed by atoms with Crippen molar-refractivity contribution in [2.75, 3.05) is 6.61 Å². The summed E-state index contributed by atoms with van der Waals surface area (Å²) in [7, 11) is 0. The van der Waals surface area contributed by atoms with E-state index in [0.29, 0.717) is 5.39 Å². The Morgan fingerprint density at radius 2 is 1.72 bits per heavy atom. The molecule has 134 valence electrons. The number of esters is 1. The van der Waals surface area contributed by atoms with Crippen LogP contribution < -0.4 is 4.74 Å². The van der Waals surface area contributed by atoms with E-state index in [1.54, 1.807) is 39.0 Å². The molecule has 0 spiro atoms. The highest BCUT2D eigenvalue weighted by atomic mass is 16.7. The summed E-state index contributed by atoms with van der Waals surface area (Å²) in [5.74, 6) is -0.168. The number of hydrogen-bond donors (Lipinski definition) is 0. The lowest BCUT2D eigenvalue weighted by Crippen LogP contribution is -2.26. The largest absolute Gasteiger partial charge is 0.514 e.